The van der Waals surface area contributed by atoms with Crippen molar-refractivity contribution in [3.8, 4) is 0 Å². The Bertz CT molecular complexity index is 493. The van der Waals surface area contributed by atoms with E-state index in [0.717, 1.165) is 11.6 Å². The summed E-state index contributed by atoms with van der Waals surface area (Å²) >= 11 is 7.72. The van der Waals surface area contributed by atoms with E-state index in [-0.39, 0.29) is 12.1 Å². The van der Waals surface area contributed by atoms with E-state index < -0.39 is 0 Å². The molecule has 2 N–H and O–H groups in total. The molecule has 19 heavy (non-hydrogen) atoms. The van der Waals surface area contributed by atoms with Crippen molar-refractivity contribution < 1.29 is 0 Å². The van der Waals surface area contributed by atoms with Crippen LogP contribution in [0.25, 0.3) is 0 Å². The summed E-state index contributed by atoms with van der Waals surface area (Å²) in [5.41, 5.74) is 7.37. The fraction of sp³-hybridized carbons (Fsp3) is 0.333. The van der Waals surface area contributed by atoms with Crippen molar-refractivity contribution in [2.24, 2.45) is 5.73 Å². The molecule has 0 amide bonds. The smallest absolute Gasteiger partial charge is 0.0497 e. The van der Waals surface area contributed by atoms with Crippen LogP contribution < -0.4 is 5.73 Å². The van der Waals surface area contributed by atoms with Crippen molar-refractivity contribution in [1.82, 2.24) is 4.90 Å². The highest BCUT2D eigenvalue weighted by Crippen LogP contribution is 2.26. The Kier molecular flexibility index (Phi) is 4.99. The summed E-state index contributed by atoms with van der Waals surface area (Å²) in [7, 11) is 2.11. The van der Waals surface area contributed by atoms with Crippen LogP contribution in [0.3, 0.4) is 0 Å². The Morgan fingerprint density at radius 2 is 1.95 bits per heavy atom. The standard InChI is InChI=1S/C15H19ClN2S/c1-11(17)15(12-5-7-13(16)8-6-12)18(2)10-14-4-3-9-19-14/h3-9,11,15H,10,17H2,1-2H3. The number of hydrogen-bond donors (Lipinski definition) is 1. The van der Waals surface area contributed by atoms with Crippen LogP contribution in [0.4, 0.5) is 0 Å². The lowest BCUT2D eigenvalue weighted by Crippen LogP contribution is -2.36. The zero-order valence-corrected chi connectivity index (χ0v) is 12.8. The van der Waals surface area contributed by atoms with Crippen molar-refractivity contribution >= 4 is 22.9 Å². The molecule has 0 aliphatic rings. The first-order valence-electron chi connectivity index (χ1n) is 6.31. The molecule has 1 aromatic carbocycles. The molecule has 2 rings (SSSR count). The Balaban J connectivity index is 2.17. The molecule has 2 unspecified atom stereocenters. The van der Waals surface area contributed by atoms with Crippen molar-refractivity contribution in [2.45, 2.75) is 25.6 Å². The van der Waals surface area contributed by atoms with Gasteiger partial charge < -0.3 is 5.73 Å². The number of halogens is 1. The number of likely N-dealkylation sites (N-methyl/N-ethyl adjacent to an activating group) is 1. The van der Waals surface area contributed by atoms with Gasteiger partial charge in [0.2, 0.25) is 0 Å². The van der Waals surface area contributed by atoms with Gasteiger partial charge in [-0.1, -0.05) is 29.8 Å². The molecule has 102 valence electrons. The Hall–Kier alpha value is -0.870. The highest BCUT2D eigenvalue weighted by atomic mass is 35.5. The summed E-state index contributed by atoms with van der Waals surface area (Å²) in [6.07, 6.45) is 0. The van der Waals surface area contributed by atoms with E-state index in [2.05, 4.69) is 41.6 Å². The van der Waals surface area contributed by atoms with Gasteiger partial charge in [0, 0.05) is 28.5 Å². The maximum atomic E-state index is 6.17. The molecule has 2 aromatic rings. The van der Waals surface area contributed by atoms with Crippen LogP contribution >= 0.6 is 22.9 Å². The molecule has 0 saturated carbocycles. The van der Waals surface area contributed by atoms with Gasteiger partial charge in [0.1, 0.15) is 0 Å². The van der Waals surface area contributed by atoms with Crippen LogP contribution in [-0.4, -0.2) is 18.0 Å². The largest absolute Gasteiger partial charge is 0.326 e. The first-order chi connectivity index (χ1) is 9.08. The maximum absolute atomic E-state index is 6.17. The number of nitrogens with zero attached hydrogens (tertiary/aromatic N) is 1. The average Bonchev–Trinajstić information content (AvgIpc) is 2.84. The molecule has 4 heteroatoms. The second-order valence-corrected chi connectivity index (χ2v) is 6.32. The molecule has 2 nitrogen and oxygen atoms in total. The molecule has 0 bridgehead atoms. The van der Waals surface area contributed by atoms with Crippen LogP contribution in [0, 0.1) is 0 Å². The van der Waals surface area contributed by atoms with E-state index in [4.69, 9.17) is 17.3 Å². The molecule has 0 aliphatic heterocycles. The second kappa shape index (κ2) is 6.53. The lowest BCUT2D eigenvalue weighted by molar-refractivity contribution is 0.212. The monoisotopic (exact) mass is 294 g/mol. The molecule has 0 radical (unpaired) electrons. The van der Waals surface area contributed by atoms with Crippen molar-refractivity contribution in [1.29, 1.82) is 0 Å². The van der Waals surface area contributed by atoms with Crippen molar-refractivity contribution in [2.75, 3.05) is 7.05 Å². The fourth-order valence-corrected chi connectivity index (χ4v) is 3.26. The van der Waals surface area contributed by atoms with E-state index in [1.54, 1.807) is 11.3 Å². The van der Waals surface area contributed by atoms with Crippen LogP contribution in [0.1, 0.15) is 23.4 Å². The van der Waals surface area contributed by atoms with Crippen LogP contribution in [0.15, 0.2) is 41.8 Å². The minimum Gasteiger partial charge on any atom is -0.326 e. The van der Waals surface area contributed by atoms with E-state index in [1.807, 2.05) is 19.1 Å². The lowest BCUT2D eigenvalue weighted by Gasteiger charge is -2.31. The normalized spacial score (nSPS) is 14.6. The Morgan fingerprint density at radius 3 is 2.47 bits per heavy atom. The van der Waals surface area contributed by atoms with Crippen molar-refractivity contribution in [3.63, 3.8) is 0 Å². The molecule has 1 heterocycles. The number of benzene rings is 1. The molecular weight excluding hydrogens is 276 g/mol. The molecule has 0 spiro atoms. The zero-order chi connectivity index (χ0) is 13.8. The first kappa shape index (κ1) is 14.5. The van der Waals surface area contributed by atoms with Gasteiger partial charge >= 0.3 is 0 Å². The van der Waals surface area contributed by atoms with Gasteiger partial charge in [-0.15, -0.1) is 11.3 Å². The van der Waals surface area contributed by atoms with E-state index in [9.17, 15) is 0 Å². The average molecular weight is 295 g/mol. The number of rotatable bonds is 5. The second-order valence-electron chi connectivity index (χ2n) is 4.85. The van der Waals surface area contributed by atoms with Gasteiger partial charge in [-0.2, -0.15) is 0 Å². The van der Waals surface area contributed by atoms with Gasteiger partial charge in [-0.3, -0.25) is 4.90 Å². The quantitative estimate of drug-likeness (QED) is 0.905. The van der Waals surface area contributed by atoms with E-state index >= 15 is 0 Å². The molecule has 0 saturated heterocycles. The van der Waals surface area contributed by atoms with Gasteiger partial charge in [-0.05, 0) is 43.1 Å². The summed E-state index contributed by atoms with van der Waals surface area (Å²) in [5.74, 6) is 0. The van der Waals surface area contributed by atoms with Gasteiger partial charge in [0.25, 0.3) is 0 Å². The summed E-state index contributed by atoms with van der Waals surface area (Å²) in [6.45, 7) is 2.96. The molecular formula is C15H19ClN2S. The first-order valence-corrected chi connectivity index (χ1v) is 7.57. The fourth-order valence-electron chi connectivity index (χ4n) is 2.37. The van der Waals surface area contributed by atoms with Crippen LogP contribution in [0.2, 0.25) is 5.02 Å². The van der Waals surface area contributed by atoms with Gasteiger partial charge in [0.15, 0.2) is 0 Å². The third kappa shape index (κ3) is 3.80. The SMILES string of the molecule is CC(N)C(c1ccc(Cl)cc1)N(C)Cc1cccs1. The number of hydrogen-bond acceptors (Lipinski definition) is 3. The predicted molar refractivity (Wildman–Crippen MR) is 83.6 cm³/mol. The molecule has 2 atom stereocenters. The number of nitrogens with two attached hydrogens (primary N) is 1. The summed E-state index contributed by atoms with van der Waals surface area (Å²) < 4.78 is 0. The molecule has 1 aromatic heterocycles. The highest BCUT2D eigenvalue weighted by molar-refractivity contribution is 7.09. The molecule has 0 aliphatic carbocycles. The van der Waals surface area contributed by atoms with Crippen molar-refractivity contribution in [3.05, 3.63) is 57.2 Å². The zero-order valence-electron chi connectivity index (χ0n) is 11.2. The number of thiophene rings is 1. The summed E-state index contributed by atoms with van der Waals surface area (Å²) in [6, 6.07) is 12.4. The Labute approximate surface area is 123 Å². The predicted octanol–water partition coefficient (Wildman–Crippen LogP) is 3.92. The summed E-state index contributed by atoms with van der Waals surface area (Å²) in [4.78, 5) is 3.64. The lowest BCUT2D eigenvalue weighted by atomic mass is 9.99. The third-order valence-corrected chi connectivity index (χ3v) is 4.28. The van der Waals surface area contributed by atoms with Gasteiger partial charge in [-0.25, -0.2) is 0 Å². The summed E-state index contributed by atoms with van der Waals surface area (Å²) in [5, 5.41) is 2.86. The maximum Gasteiger partial charge on any atom is 0.0497 e. The highest BCUT2D eigenvalue weighted by Gasteiger charge is 2.21. The van der Waals surface area contributed by atoms with Crippen LogP contribution in [-0.2, 0) is 6.54 Å². The van der Waals surface area contributed by atoms with E-state index in [0.29, 0.717) is 0 Å². The molecule has 0 fully saturated rings. The van der Waals surface area contributed by atoms with Crippen LogP contribution in [0.5, 0.6) is 0 Å². The van der Waals surface area contributed by atoms with E-state index in [1.165, 1.54) is 10.4 Å². The Morgan fingerprint density at radius 1 is 1.26 bits per heavy atom. The van der Waals surface area contributed by atoms with Gasteiger partial charge in [0.05, 0.1) is 0 Å². The topological polar surface area (TPSA) is 29.3 Å². The minimum absolute atomic E-state index is 0.0612. The minimum atomic E-state index is 0.0612. The third-order valence-electron chi connectivity index (χ3n) is 3.17.